The zero-order chi connectivity index (χ0) is 11.1. The van der Waals surface area contributed by atoms with E-state index in [4.69, 9.17) is 0 Å². The van der Waals surface area contributed by atoms with E-state index in [1.807, 2.05) is 38.4 Å². The van der Waals surface area contributed by atoms with E-state index >= 15 is 0 Å². The third kappa shape index (κ3) is 3.42. The molecule has 15 heavy (non-hydrogen) atoms. The second-order valence-electron chi connectivity index (χ2n) is 3.05. The average molecular weight is 204 g/mol. The molecule has 0 aliphatic heterocycles. The van der Waals surface area contributed by atoms with Crippen molar-refractivity contribution in [3.8, 4) is 0 Å². The summed E-state index contributed by atoms with van der Waals surface area (Å²) in [6, 6.07) is 3.94. The average Bonchev–Trinajstić information content (AvgIpc) is 2.31. The van der Waals surface area contributed by atoms with Crippen LogP contribution in [0, 0.1) is 0 Å². The second kappa shape index (κ2) is 5.80. The quantitative estimate of drug-likeness (QED) is 0.584. The highest BCUT2D eigenvalue weighted by atomic mass is 15.5. The predicted octanol–water partition coefficient (Wildman–Crippen LogP) is 1.58. The monoisotopic (exact) mass is 204 g/mol. The molecular weight excluding hydrogens is 188 g/mol. The second-order valence-corrected chi connectivity index (χ2v) is 3.05. The van der Waals surface area contributed by atoms with Gasteiger partial charge in [0.15, 0.2) is 0 Å². The normalized spacial score (nSPS) is 10.9. The molecule has 0 aliphatic carbocycles. The van der Waals surface area contributed by atoms with Gasteiger partial charge >= 0.3 is 0 Å². The highest BCUT2D eigenvalue weighted by Gasteiger charge is 1.99. The first-order valence-electron chi connectivity index (χ1n) is 4.77. The topological polar surface area (TPSA) is 40.5 Å². The SMILES string of the molecule is C=NN(C)/C(=C\C)NCc1cccnc1. The largest absolute Gasteiger partial charge is 0.366 e. The molecule has 0 aliphatic rings. The highest BCUT2D eigenvalue weighted by molar-refractivity contribution is 5.23. The van der Waals surface area contributed by atoms with Gasteiger partial charge in [-0.1, -0.05) is 6.07 Å². The molecule has 1 aromatic rings. The van der Waals surface area contributed by atoms with Gasteiger partial charge in [-0.15, -0.1) is 0 Å². The minimum absolute atomic E-state index is 0.730. The number of nitrogens with zero attached hydrogens (tertiary/aromatic N) is 3. The standard InChI is InChI=1S/C11H16N4/c1-4-11(15(3)12-2)14-9-10-6-5-7-13-8-10/h4-8,14H,2,9H2,1,3H3/b11-4-. The maximum Gasteiger partial charge on any atom is 0.118 e. The van der Waals surface area contributed by atoms with Crippen molar-refractivity contribution in [1.29, 1.82) is 0 Å². The molecule has 0 aromatic carbocycles. The van der Waals surface area contributed by atoms with E-state index in [9.17, 15) is 0 Å². The Morgan fingerprint density at radius 1 is 1.73 bits per heavy atom. The first-order chi connectivity index (χ1) is 7.27. The van der Waals surface area contributed by atoms with Crippen LogP contribution in [0.4, 0.5) is 0 Å². The van der Waals surface area contributed by atoms with Gasteiger partial charge in [0.2, 0.25) is 0 Å². The molecule has 1 rings (SSSR count). The lowest BCUT2D eigenvalue weighted by atomic mass is 10.3. The van der Waals surface area contributed by atoms with Crippen molar-refractivity contribution in [2.75, 3.05) is 7.05 Å². The number of nitrogens with one attached hydrogen (secondary N) is 1. The van der Waals surface area contributed by atoms with E-state index in [2.05, 4.69) is 22.1 Å². The van der Waals surface area contributed by atoms with E-state index in [0.717, 1.165) is 17.9 Å². The lowest BCUT2D eigenvalue weighted by molar-refractivity contribution is 0.407. The Kier molecular flexibility index (Phi) is 4.34. The molecule has 1 aromatic heterocycles. The minimum Gasteiger partial charge on any atom is -0.366 e. The minimum atomic E-state index is 0.730. The van der Waals surface area contributed by atoms with Crippen LogP contribution < -0.4 is 5.32 Å². The molecule has 80 valence electrons. The number of aromatic nitrogens is 1. The summed E-state index contributed by atoms with van der Waals surface area (Å²) in [5.41, 5.74) is 1.13. The van der Waals surface area contributed by atoms with Gasteiger partial charge in [0, 0.05) is 32.7 Å². The molecule has 4 heteroatoms. The van der Waals surface area contributed by atoms with Gasteiger partial charge in [-0.2, -0.15) is 5.10 Å². The van der Waals surface area contributed by atoms with Crippen molar-refractivity contribution in [1.82, 2.24) is 15.3 Å². The third-order valence-corrected chi connectivity index (χ3v) is 2.03. The fourth-order valence-electron chi connectivity index (χ4n) is 1.17. The van der Waals surface area contributed by atoms with Crippen molar-refractivity contribution >= 4 is 6.72 Å². The molecule has 0 spiro atoms. The van der Waals surface area contributed by atoms with Crippen LogP contribution in [-0.2, 0) is 6.54 Å². The molecule has 0 atom stereocenters. The molecule has 1 heterocycles. The van der Waals surface area contributed by atoms with Crippen molar-refractivity contribution in [3.63, 3.8) is 0 Å². The molecule has 4 nitrogen and oxygen atoms in total. The summed E-state index contributed by atoms with van der Waals surface area (Å²) in [6.07, 6.45) is 5.55. The van der Waals surface area contributed by atoms with Gasteiger partial charge in [0.05, 0.1) is 0 Å². The Hall–Kier alpha value is -1.84. The highest BCUT2D eigenvalue weighted by Crippen LogP contribution is 2.00. The molecule has 0 fully saturated rings. The summed E-state index contributed by atoms with van der Waals surface area (Å²) in [5, 5.41) is 8.75. The van der Waals surface area contributed by atoms with E-state index < -0.39 is 0 Å². The van der Waals surface area contributed by atoms with Crippen LogP contribution in [0.3, 0.4) is 0 Å². The van der Waals surface area contributed by atoms with Gasteiger partial charge in [-0.3, -0.25) is 9.99 Å². The first kappa shape index (κ1) is 11.2. The number of allylic oxidation sites excluding steroid dienone is 1. The molecule has 0 saturated carbocycles. The third-order valence-electron chi connectivity index (χ3n) is 2.03. The number of hydrogen-bond donors (Lipinski definition) is 1. The summed E-state index contributed by atoms with van der Waals surface area (Å²) in [7, 11) is 1.85. The zero-order valence-corrected chi connectivity index (χ0v) is 9.14. The fourth-order valence-corrected chi connectivity index (χ4v) is 1.17. The van der Waals surface area contributed by atoms with Gasteiger partial charge in [0.1, 0.15) is 5.82 Å². The van der Waals surface area contributed by atoms with Gasteiger partial charge in [0.25, 0.3) is 0 Å². The number of hydrogen-bond acceptors (Lipinski definition) is 4. The van der Waals surface area contributed by atoms with E-state index in [-0.39, 0.29) is 0 Å². The molecule has 0 unspecified atom stereocenters. The van der Waals surface area contributed by atoms with Gasteiger partial charge in [-0.05, 0) is 24.6 Å². The Balaban J connectivity index is 2.52. The van der Waals surface area contributed by atoms with Crippen molar-refractivity contribution < 1.29 is 0 Å². The van der Waals surface area contributed by atoms with Crippen LogP contribution in [0.5, 0.6) is 0 Å². The fraction of sp³-hybridized carbons (Fsp3) is 0.273. The summed E-state index contributed by atoms with van der Waals surface area (Å²) >= 11 is 0. The van der Waals surface area contributed by atoms with Crippen molar-refractivity contribution in [3.05, 3.63) is 42.0 Å². The lowest BCUT2D eigenvalue weighted by Crippen LogP contribution is -2.24. The Morgan fingerprint density at radius 3 is 3.07 bits per heavy atom. The molecule has 0 saturated heterocycles. The summed E-state index contributed by atoms with van der Waals surface area (Å²) < 4.78 is 0. The van der Waals surface area contributed by atoms with Crippen LogP contribution in [0.15, 0.2) is 41.5 Å². The molecule has 0 bridgehead atoms. The summed E-state index contributed by atoms with van der Waals surface area (Å²) in [5.74, 6) is 0.925. The number of hydrazone groups is 1. The van der Waals surface area contributed by atoms with Crippen LogP contribution in [0.1, 0.15) is 12.5 Å². The van der Waals surface area contributed by atoms with Crippen molar-refractivity contribution in [2.45, 2.75) is 13.5 Å². The Bertz CT molecular complexity index is 332. The predicted molar refractivity (Wildman–Crippen MR) is 62.1 cm³/mol. The molecular formula is C11H16N4. The summed E-state index contributed by atoms with van der Waals surface area (Å²) in [6.45, 7) is 6.15. The maximum atomic E-state index is 4.04. The maximum absolute atomic E-state index is 4.04. The Morgan fingerprint density at radius 2 is 2.53 bits per heavy atom. The lowest BCUT2D eigenvalue weighted by Gasteiger charge is -2.17. The van der Waals surface area contributed by atoms with Gasteiger partial charge < -0.3 is 5.32 Å². The number of rotatable bonds is 5. The molecule has 0 amide bonds. The smallest absolute Gasteiger partial charge is 0.118 e. The molecule has 0 radical (unpaired) electrons. The summed E-state index contributed by atoms with van der Waals surface area (Å²) in [4.78, 5) is 4.04. The van der Waals surface area contributed by atoms with Crippen LogP contribution in [-0.4, -0.2) is 23.8 Å². The van der Waals surface area contributed by atoms with Crippen molar-refractivity contribution in [2.24, 2.45) is 5.10 Å². The molecule has 1 N–H and O–H groups in total. The van der Waals surface area contributed by atoms with E-state index in [1.54, 1.807) is 11.2 Å². The van der Waals surface area contributed by atoms with Gasteiger partial charge in [-0.25, -0.2) is 0 Å². The van der Waals surface area contributed by atoms with Crippen LogP contribution >= 0.6 is 0 Å². The van der Waals surface area contributed by atoms with E-state index in [1.165, 1.54) is 0 Å². The van der Waals surface area contributed by atoms with E-state index in [0.29, 0.717) is 0 Å². The van der Waals surface area contributed by atoms with Crippen LogP contribution in [0.2, 0.25) is 0 Å². The van der Waals surface area contributed by atoms with Crippen LogP contribution in [0.25, 0.3) is 0 Å². The first-order valence-corrected chi connectivity index (χ1v) is 4.77. The number of pyridine rings is 1. The Labute approximate surface area is 90.3 Å². The zero-order valence-electron chi connectivity index (χ0n) is 9.14.